The molecule has 1 aromatic rings. The summed E-state index contributed by atoms with van der Waals surface area (Å²) in [6, 6.07) is 9.83. The first-order valence-corrected chi connectivity index (χ1v) is 5.06. The van der Waals surface area contributed by atoms with Gasteiger partial charge in [-0.1, -0.05) is 48.6 Å². The quantitative estimate of drug-likeness (QED) is 0.583. The van der Waals surface area contributed by atoms with E-state index in [0.717, 1.165) is 12.5 Å². The third-order valence-electron chi connectivity index (χ3n) is 2.02. The van der Waals surface area contributed by atoms with Gasteiger partial charge in [0.25, 0.3) is 0 Å². The van der Waals surface area contributed by atoms with E-state index in [0.29, 0.717) is 0 Å². The highest BCUT2D eigenvalue weighted by Gasteiger charge is 1.97. The molecule has 1 aromatic carbocycles. The highest BCUT2D eigenvalue weighted by molar-refractivity contribution is 5.80. The van der Waals surface area contributed by atoms with Crippen LogP contribution in [0.2, 0.25) is 0 Å². The predicted octanol–water partition coefficient (Wildman–Crippen LogP) is 1.75. The van der Waals surface area contributed by atoms with Crippen LogP contribution in [0.4, 0.5) is 0 Å². The topological polar surface area (TPSA) is 63.3 Å². The normalized spacial score (nSPS) is 13.3. The largest absolute Gasteiger partial charge is 0.478 e. The van der Waals surface area contributed by atoms with E-state index in [1.165, 1.54) is 11.6 Å². The maximum atomic E-state index is 10.2. The SMILES string of the molecule is NC(C=CC=CC(=O)O)Cc1ccccc1. The Balaban J connectivity index is 2.42. The fourth-order valence-electron chi connectivity index (χ4n) is 1.30. The van der Waals surface area contributed by atoms with Crippen molar-refractivity contribution >= 4 is 5.97 Å². The Labute approximate surface area is 94.9 Å². The monoisotopic (exact) mass is 217 g/mol. The standard InChI is InChI=1S/C13H15NO2/c14-12(8-4-5-9-13(15)16)10-11-6-2-1-3-7-11/h1-9,12H,10,14H2,(H,15,16). The lowest BCUT2D eigenvalue weighted by Crippen LogP contribution is -2.19. The molecule has 3 heteroatoms. The van der Waals surface area contributed by atoms with Crippen LogP contribution < -0.4 is 5.73 Å². The molecule has 0 fully saturated rings. The third kappa shape index (κ3) is 5.12. The number of rotatable bonds is 5. The Hall–Kier alpha value is -1.87. The molecule has 0 spiro atoms. The third-order valence-corrected chi connectivity index (χ3v) is 2.02. The molecule has 3 nitrogen and oxygen atoms in total. The molecular formula is C13H15NO2. The first kappa shape index (κ1) is 12.2. The van der Waals surface area contributed by atoms with Crippen molar-refractivity contribution < 1.29 is 9.90 Å². The van der Waals surface area contributed by atoms with Gasteiger partial charge in [0.05, 0.1) is 0 Å². The fourth-order valence-corrected chi connectivity index (χ4v) is 1.30. The van der Waals surface area contributed by atoms with E-state index in [9.17, 15) is 4.79 Å². The minimum Gasteiger partial charge on any atom is -0.478 e. The second-order valence-electron chi connectivity index (χ2n) is 3.44. The second-order valence-corrected chi connectivity index (χ2v) is 3.44. The minimum absolute atomic E-state index is 0.0964. The lowest BCUT2D eigenvalue weighted by atomic mass is 10.1. The summed E-state index contributed by atoms with van der Waals surface area (Å²) in [6.07, 6.45) is 6.73. The summed E-state index contributed by atoms with van der Waals surface area (Å²) in [5.74, 6) is -0.957. The van der Waals surface area contributed by atoms with Crippen molar-refractivity contribution in [2.24, 2.45) is 5.73 Å². The van der Waals surface area contributed by atoms with Gasteiger partial charge in [0.2, 0.25) is 0 Å². The first-order valence-electron chi connectivity index (χ1n) is 5.06. The van der Waals surface area contributed by atoms with Crippen LogP contribution in [0, 0.1) is 0 Å². The van der Waals surface area contributed by atoms with Gasteiger partial charge in [-0.2, -0.15) is 0 Å². The molecule has 0 amide bonds. The molecule has 0 radical (unpaired) electrons. The Morgan fingerprint density at radius 2 is 2.00 bits per heavy atom. The summed E-state index contributed by atoms with van der Waals surface area (Å²) in [4.78, 5) is 10.2. The highest BCUT2D eigenvalue weighted by atomic mass is 16.4. The summed E-state index contributed by atoms with van der Waals surface area (Å²) < 4.78 is 0. The number of nitrogens with two attached hydrogens (primary N) is 1. The molecule has 3 N–H and O–H groups in total. The average molecular weight is 217 g/mol. The van der Waals surface area contributed by atoms with Crippen LogP contribution in [-0.2, 0) is 11.2 Å². The molecule has 1 unspecified atom stereocenters. The summed E-state index contributed by atoms with van der Waals surface area (Å²) in [7, 11) is 0. The minimum atomic E-state index is -0.957. The van der Waals surface area contributed by atoms with Crippen molar-refractivity contribution in [1.82, 2.24) is 0 Å². The van der Waals surface area contributed by atoms with Crippen LogP contribution >= 0.6 is 0 Å². The maximum absolute atomic E-state index is 10.2. The lowest BCUT2D eigenvalue weighted by molar-refractivity contribution is -0.131. The van der Waals surface area contributed by atoms with E-state index in [1.54, 1.807) is 12.2 Å². The zero-order valence-corrected chi connectivity index (χ0v) is 8.91. The zero-order valence-electron chi connectivity index (χ0n) is 8.91. The Morgan fingerprint density at radius 1 is 1.31 bits per heavy atom. The van der Waals surface area contributed by atoms with Gasteiger partial charge in [-0.15, -0.1) is 0 Å². The number of aliphatic carboxylic acids is 1. The molecule has 0 bridgehead atoms. The van der Waals surface area contributed by atoms with E-state index in [1.807, 2.05) is 30.3 Å². The molecule has 0 saturated heterocycles. The van der Waals surface area contributed by atoms with E-state index in [4.69, 9.17) is 10.8 Å². The van der Waals surface area contributed by atoms with Gasteiger partial charge < -0.3 is 10.8 Å². The Kier molecular flexibility index (Phi) is 5.02. The van der Waals surface area contributed by atoms with Crippen LogP contribution in [0.5, 0.6) is 0 Å². The number of benzene rings is 1. The number of carboxylic acids is 1. The number of carbonyl (C=O) groups is 1. The van der Waals surface area contributed by atoms with Gasteiger partial charge in [0, 0.05) is 12.1 Å². The van der Waals surface area contributed by atoms with Gasteiger partial charge in [-0.3, -0.25) is 0 Å². The van der Waals surface area contributed by atoms with E-state index >= 15 is 0 Å². The van der Waals surface area contributed by atoms with Crippen molar-refractivity contribution in [3.8, 4) is 0 Å². The number of hydrogen-bond donors (Lipinski definition) is 2. The van der Waals surface area contributed by atoms with Gasteiger partial charge in [0.15, 0.2) is 0 Å². The van der Waals surface area contributed by atoms with Gasteiger partial charge >= 0.3 is 5.97 Å². The molecule has 16 heavy (non-hydrogen) atoms. The Bertz CT molecular complexity index is 382. The van der Waals surface area contributed by atoms with E-state index in [2.05, 4.69) is 0 Å². The van der Waals surface area contributed by atoms with Crippen molar-refractivity contribution in [3.05, 3.63) is 60.2 Å². The van der Waals surface area contributed by atoms with Crippen LogP contribution in [-0.4, -0.2) is 17.1 Å². The molecule has 0 aliphatic rings. The zero-order chi connectivity index (χ0) is 11.8. The second kappa shape index (κ2) is 6.58. The molecular weight excluding hydrogens is 202 g/mol. The van der Waals surface area contributed by atoms with Crippen molar-refractivity contribution in [2.45, 2.75) is 12.5 Å². The van der Waals surface area contributed by atoms with Crippen LogP contribution in [0.3, 0.4) is 0 Å². The number of carboxylic acid groups (broad SMARTS) is 1. The maximum Gasteiger partial charge on any atom is 0.328 e. The molecule has 0 aliphatic heterocycles. The van der Waals surface area contributed by atoms with Crippen LogP contribution in [0.15, 0.2) is 54.6 Å². The van der Waals surface area contributed by atoms with Crippen LogP contribution in [0.1, 0.15) is 5.56 Å². The molecule has 0 aromatic heterocycles. The summed E-state index contributed by atoms with van der Waals surface area (Å²) in [5.41, 5.74) is 7.02. The summed E-state index contributed by atoms with van der Waals surface area (Å²) in [5, 5.41) is 8.36. The summed E-state index contributed by atoms with van der Waals surface area (Å²) >= 11 is 0. The number of allylic oxidation sites excluding steroid dienone is 2. The fraction of sp³-hybridized carbons (Fsp3) is 0.154. The van der Waals surface area contributed by atoms with Gasteiger partial charge in [-0.25, -0.2) is 4.79 Å². The first-order chi connectivity index (χ1) is 7.68. The Morgan fingerprint density at radius 3 is 2.62 bits per heavy atom. The molecule has 0 saturated carbocycles. The predicted molar refractivity (Wildman–Crippen MR) is 64.0 cm³/mol. The van der Waals surface area contributed by atoms with E-state index in [-0.39, 0.29) is 6.04 Å². The smallest absolute Gasteiger partial charge is 0.328 e. The summed E-state index contributed by atoms with van der Waals surface area (Å²) in [6.45, 7) is 0. The average Bonchev–Trinajstić information content (AvgIpc) is 2.25. The lowest BCUT2D eigenvalue weighted by Gasteiger charge is -2.05. The van der Waals surface area contributed by atoms with Gasteiger partial charge in [-0.05, 0) is 12.0 Å². The van der Waals surface area contributed by atoms with Crippen molar-refractivity contribution in [3.63, 3.8) is 0 Å². The molecule has 1 atom stereocenters. The van der Waals surface area contributed by atoms with E-state index < -0.39 is 5.97 Å². The molecule has 84 valence electrons. The van der Waals surface area contributed by atoms with Gasteiger partial charge in [0.1, 0.15) is 0 Å². The highest BCUT2D eigenvalue weighted by Crippen LogP contribution is 2.02. The van der Waals surface area contributed by atoms with Crippen molar-refractivity contribution in [1.29, 1.82) is 0 Å². The number of hydrogen-bond acceptors (Lipinski definition) is 2. The molecule has 1 rings (SSSR count). The van der Waals surface area contributed by atoms with Crippen LogP contribution in [0.25, 0.3) is 0 Å². The molecule has 0 aliphatic carbocycles. The molecule has 0 heterocycles. The van der Waals surface area contributed by atoms with Crippen molar-refractivity contribution in [2.75, 3.05) is 0 Å².